The number of pyridine rings is 1. The van der Waals surface area contributed by atoms with Crippen LogP contribution in [0.4, 0.5) is 0 Å². The molecule has 172 valence electrons. The molecule has 0 radical (unpaired) electrons. The van der Waals surface area contributed by atoms with Gasteiger partial charge in [0.15, 0.2) is 0 Å². The third-order valence-corrected chi connectivity index (χ3v) is 7.34. The fraction of sp³-hybridized carbons (Fsp3) is 0.154. The Kier molecular flexibility index (Phi) is 5.34. The van der Waals surface area contributed by atoms with Crippen LogP contribution in [0.1, 0.15) is 13.8 Å². The zero-order chi connectivity index (χ0) is 24.0. The lowest BCUT2D eigenvalue weighted by Gasteiger charge is -2.17. The SMILES string of the molecule is CC(C)[C@H](NS(=O)(=O)c1ccc2c(c1)oc1ccc(-c3ccc4ncccc4c3)cc12)C(=O)O. The number of aliphatic carboxylic acids is 1. The van der Waals surface area contributed by atoms with Gasteiger partial charge in [-0.25, -0.2) is 8.42 Å². The van der Waals surface area contributed by atoms with Gasteiger partial charge in [0.25, 0.3) is 0 Å². The molecule has 2 heterocycles. The van der Waals surface area contributed by atoms with Crippen LogP contribution >= 0.6 is 0 Å². The van der Waals surface area contributed by atoms with Crippen molar-refractivity contribution < 1.29 is 22.7 Å². The highest BCUT2D eigenvalue weighted by Crippen LogP contribution is 2.34. The van der Waals surface area contributed by atoms with Crippen LogP contribution in [0.2, 0.25) is 0 Å². The molecule has 2 aromatic heterocycles. The monoisotopic (exact) mass is 474 g/mol. The zero-order valence-corrected chi connectivity index (χ0v) is 19.3. The predicted molar refractivity (Wildman–Crippen MR) is 131 cm³/mol. The fourth-order valence-electron chi connectivity index (χ4n) is 4.07. The molecule has 5 rings (SSSR count). The van der Waals surface area contributed by atoms with Crippen LogP contribution in [0.25, 0.3) is 44.0 Å². The predicted octanol–water partition coefficient (Wildman–Crippen LogP) is 5.19. The molecular formula is C26H22N2O5S. The van der Waals surface area contributed by atoms with Gasteiger partial charge in [-0.1, -0.05) is 32.0 Å². The maximum absolute atomic E-state index is 12.8. The second kappa shape index (κ2) is 8.23. The lowest BCUT2D eigenvalue weighted by molar-refractivity contribution is -0.140. The van der Waals surface area contributed by atoms with Crippen molar-refractivity contribution in [1.29, 1.82) is 0 Å². The van der Waals surface area contributed by atoms with Gasteiger partial charge in [0.1, 0.15) is 17.2 Å². The minimum Gasteiger partial charge on any atom is -0.480 e. The Morgan fingerprint density at radius 3 is 2.47 bits per heavy atom. The number of carboxylic acid groups (broad SMARTS) is 1. The van der Waals surface area contributed by atoms with Gasteiger partial charge in [-0.3, -0.25) is 9.78 Å². The molecule has 0 aliphatic heterocycles. The van der Waals surface area contributed by atoms with Crippen LogP contribution in [0.5, 0.6) is 0 Å². The van der Waals surface area contributed by atoms with Gasteiger partial charge in [0.05, 0.1) is 10.4 Å². The molecular weight excluding hydrogens is 452 g/mol. The van der Waals surface area contributed by atoms with Crippen molar-refractivity contribution in [1.82, 2.24) is 9.71 Å². The van der Waals surface area contributed by atoms with Crippen molar-refractivity contribution in [3.63, 3.8) is 0 Å². The van der Waals surface area contributed by atoms with Crippen LogP contribution in [0.15, 0.2) is 82.2 Å². The molecule has 2 N–H and O–H groups in total. The highest BCUT2D eigenvalue weighted by atomic mass is 32.2. The summed E-state index contributed by atoms with van der Waals surface area (Å²) in [5.74, 6) is -1.63. The van der Waals surface area contributed by atoms with E-state index in [0.717, 1.165) is 32.8 Å². The molecule has 0 aliphatic carbocycles. The highest BCUT2D eigenvalue weighted by molar-refractivity contribution is 7.89. The molecule has 1 atom stereocenters. The lowest BCUT2D eigenvalue weighted by atomic mass is 10.0. The molecule has 3 aromatic carbocycles. The summed E-state index contributed by atoms with van der Waals surface area (Å²) in [5, 5.41) is 12.0. The number of sulfonamides is 1. The second-order valence-electron chi connectivity index (χ2n) is 8.56. The van der Waals surface area contributed by atoms with E-state index in [9.17, 15) is 18.3 Å². The summed E-state index contributed by atoms with van der Waals surface area (Å²) in [5.41, 5.74) is 4.00. The van der Waals surface area contributed by atoms with Crippen molar-refractivity contribution in [2.24, 2.45) is 5.92 Å². The Bertz CT molecular complexity index is 1670. The molecule has 34 heavy (non-hydrogen) atoms. The molecule has 0 aliphatic rings. The Morgan fingerprint density at radius 2 is 1.71 bits per heavy atom. The summed E-state index contributed by atoms with van der Waals surface area (Å²) in [6, 6.07) is 19.2. The highest BCUT2D eigenvalue weighted by Gasteiger charge is 2.28. The second-order valence-corrected chi connectivity index (χ2v) is 10.3. The van der Waals surface area contributed by atoms with Crippen molar-refractivity contribution in [3.05, 3.63) is 72.9 Å². The molecule has 0 saturated heterocycles. The van der Waals surface area contributed by atoms with Crippen molar-refractivity contribution in [2.75, 3.05) is 0 Å². The first-order chi connectivity index (χ1) is 16.2. The first-order valence-corrected chi connectivity index (χ1v) is 12.3. The van der Waals surface area contributed by atoms with Crippen molar-refractivity contribution >= 4 is 48.8 Å². The average molecular weight is 475 g/mol. The number of carboxylic acids is 1. The van der Waals surface area contributed by atoms with E-state index in [-0.39, 0.29) is 4.90 Å². The molecule has 0 fully saturated rings. The van der Waals surface area contributed by atoms with Crippen LogP contribution in [0, 0.1) is 5.92 Å². The quantitative estimate of drug-likeness (QED) is 0.351. The summed E-state index contributed by atoms with van der Waals surface area (Å²) in [7, 11) is -4.05. The fourth-order valence-corrected chi connectivity index (χ4v) is 5.42. The molecule has 7 nitrogen and oxygen atoms in total. The minimum absolute atomic E-state index is 0.0480. The van der Waals surface area contributed by atoms with E-state index in [4.69, 9.17) is 4.42 Å². The van der Waals surface area contributed by atoms with Gasteiger partial charge in [0, 0.05) is 28.4 Å². The normalized spacial score (nSPS) is 13.1. The van der Waals surface area contributed by atoms with E-state index in [1.165, 1.54) is 12.1 Å². The Labute approximate surface area is 196 Å². The number of carbonyl (C=O) groups is 1. The smallest absolute Gasteiger partial charge is 0.322 e. The Balaban J connectivity index is 1.55. The largest absolute Gasteiger partial charge is 0.480 e. The summed E-state index contributed by atoms with van der Waals surface area (Å²) >= 11 is 0. The number of benzene rings is 3. The minimum atomic E-state index is -4.05. The lowest BCUT2D eigenvalue weighted by Crippen LogP contribution is -2.44. The summed E-state index contributed by atoms with van der Waals surface area (Å²) in [4.78, 5) is 15.8. The number of hydrogen-bond acceptors (Lipinski definition) is 5. The van der Waals surface area contributed by atoms with Crippen LogP contribution in [0.3, 0.4) is 0 Å². The van der Waals surface area contributed by atoms with Crippen LogP contribution < -0.4 is 4.72 Å². The maximum atomic E-state index is 12.8. The van der Waals surface area contributed by atoms with Crippen molar-refractivity contribution in [2.45, 2.75) is 24.8 Å². The molecule has 0 bridgehead atoms. The standard InChI is InChI=1S/C26H22N2O5S/c1-15(2)25(26(29)30)28-34(31,32)19-7-8-20-21-13-17(6-10-23(21)33-24(20)14-19)16-5-9-22-18(12-16)4-3-11-27-22/h3-15,25,28H,1-2H3,(H,29,30)/t25-/m0/s1. The number of aromatic nitrogens is 1. The maximum Gasteiger partial charge on any atom is 0.322 e. The first kappa shape index (κ1) is 22.1. The van der Waals surface area contributed by atoms with Gasteiger partial charge < -0.3 is 9.52 Å². The van der Waals surface area contributed by atoms with Crippen molar-refractivity contribution in [3.8, 4) is 11.1 Å². The topological polar surface area (TPSA) is 110 Å². The third-order valence-electron chi connectivity index (χ3n) is 5.90. The summed E-state index contributed by atoms with van der Waals surface area (Å²) in [6.45, 7) is 3.29. The van der Waals surface area contributed by atoms with Crippen LogP contribution in [-0.4, -0.2) is 30.5 Å². The molecule has 0 spiro atoms. The molecule has 8 heteroatoms. The average Bonchev–Trinajstić information content (AvgIpc) is 3.19. The summed E-state index contributed by atoms with van der Waals surface area (Å²) in [6.07, 6.45) is 1.76. The number of fused-ring (bicyclic) bond motifs is 4. The Hall–Kier alpha value is -3.75. The zero-order valence-electron chi connectivity index (χ0n) is 18.5. The number of nitrogens with one attached hydrogen (secondary N) is 1. The van der Waals surface area contributed by atoms with Gasteiger partial charge >= 0.3 is 5.97 Å². The van der Waals surface area contributed by atoms with E-state index < -0.39 is 28.0 Å². The van der Waals surface area contributed by atoms with E-state index in [1.54, 1.807) is 26.1 Å². The Morgan fingerprint density at radius 1 is 0.941 bits per heavy atom. The van der Waals surface area contributed by atoms with Gasteiger partial charge in [-0.15, -0.1) is 0 Å². The van der Waals surface area contributed by atoms with Gasteiger partial charge in [-0.2, -0.15) is 4.72 Å². The van der Waals surface area contributed by atoms with E-state index in [0.29, 0.717) is 11.2 Å². The number of rotatable bonds is 6. The molecule has 0 amide bonds. The van der Waals surface area contributed by atoms with E-state index in [1.807, 2.05) is 42.5 Å². The number of furan rings is 1. The number of hydrogen-bond donors (Lipinski definition) is 2. The molecule has 0 saturated carbocycles. The van der Waals surface area contributed by atoms with E-state index >= 15 is 0 Å². The third kappa shape index (κ3) is 3.91. The van der Waals surface area contributed by atoms with Crippen LogP contribution in [-0.2, 0) is 14.8 Å². The first-order valence-electron chi connectivity index (χ1n) is 10.8. The number of nitrogens with zero attached hydrogens (tertiary/aromatic N) is 1. The van der Waals surface area contributed by atoms with Gasteiger partial charge in [0.2, 0.25) is 10.0 Å². The van der Waals surface area contributed by atoms with E-state index in [2.05, 4.69) is 15.8 Å². The summed E-state index contributed by atoms with van der Waals surface area (Å²) < 4.78 is 33.9. The molecule has 5 aromatic rings. The van der Waals surface area contributed by atoms with Gasteiger partial charge in [-0.05, 0) is 59.5 Å². The molecule has 0 unspecified atom stereocenters.